The fraction of sp³-hybridized carbons (Fsp3) is 0.467. The van der Waals surface area contributed by atoms with Crippen LogP contribution in [0.15, 0.2) is 18.2 Å². The topological polar surface area (TPSA) is 84.9 Å². The first-order valence-corrected chi connectivity index (χ1v) is 6.70. The van der Waals surface area contributed by atoms with Gasteiger partial charge in [-0.2, -0.15) is 0 Å². The molecule has 0 spiro atoms. The van der Waals surface area contributed by atoms with Crippen molar-refractivity contribution in [2.75, 3.05) is 14.2 Å². The number of aliphatic carboxylic acids is 1. The third-order valence-electron chi connectivity index (χ3n) is 3.42. The minimum atomic E-state index is -1.06. The highest BCUT2D eigenvalue weighted by Crippen LogP contribution is 2.24. The van der Waals surface area contributed by atoms with Crippen LogP contribution >= 0.6 is 0 Å². The first-order chi connectivity index (χ1) is 9.94. The molecule has 6 heteroatoms. The van der Waals surface area contributed by atoms with Gasteiger partial charge < -0.3 is 19.9 Å². The van der Waals surface area contributed by atoms with E-state index in [9.17, 15) is 14.7 Å². The maximum Gasteiger partial charge on any atom is 0.326 e. The number of hydrogen-bond acceptors (Lipinski definition) is 4. The average molecular weight is 295 g/mol. The van der Waals surface area contributed by atoms with E-state index in [1.54, 1.807) is 19.1 Å². The van der Waals surface area contributed by atoms with Gasteiger partial charge in [0.1, 0.15) is 17.5 Å². The predicted molar refractivity (Wildman–Crippen MR) is 77.9 cm³/mol. The molecule has 0 aliphatic carbocycles. The van der Waals surface area contributed by atoms with E-state index in [0.29, 0.717) is 17.9 Å². The second-order valence-corrected chi connectivity index (χ2v) is 4.74. The summed E-state index contributed by atoms with van der Waals surface area (Å²) in [5.41, 5.74) is 0.242. The zero-order chi connectivity index (χ0) is 16.0. The van der Waals surface area contributed by atoms with Gasteiger partial charge in [-0.15, -0.1) is 0 Å². The van der Waals surface area contributed by atoms with Crippen LogP contribution in [0.25, 0.3) is 0 Å². The third kappa shape index (κ3) is 4.11. The van der Waals surface area contributed by atoms with Crippen LogP contribution in [0.1, 0.15) is 30.6 Å². The molecule has 0 saturated heterocycles. The van der Waals surface area contributed by atoms with Crippen molar-refractivity contribution in [3.63, 3.8) is 0 Å². The number of carbonyl (C=O) groups is 2. The molecule has 1 aromatic carbocycles. The smallest absolute Gasteiger partial charge is 0.326 e. The van der Waals surface area contributed by atoms with E-state index in [4.69, 9.17) is 9.47 Å². The molecule has 0 radical (unpaired) electrons. The Morgan fingerprint density at radius 1 is 1.29 bits per heavy atom. The van der Waals surface area contributed by atoms with Crippen molar-refractivity contribution in [1.29, 1.82) is 0 Å². The van der Waals surface area contributed by atoms with E-state index >= 15 is 0 Å². The van der Waals surface area contributed by atoms with Gasteiger partial charge in [-0.1, -0.05) is 20.3 Å². The van der Waals surface area contributed by atoms with Crippen molar-refractivity contribution in [1.82, 2.24) is 5.32 Å². The Morgan fingerprint density at radius 2 is 1.95 bits per heavy atom. The van der Waals surface area contributed by atoms with Crippen LogP contribution in [0.3, 0.4) is 0 Å². The standard InChI is InChI=1S/C15H21NO5/c1-5-9(2)13(15(18)19)16-14(17)11-8-10(20-3)6-7-12(11)21-4/h6-9,13H,5H2,1-4H3,(H,16,17)(H,18,19)/t9?,13-/m0/s1. The number of methoxy groups -OCH3 is 2. The Bertz CT molecular complexity index is 515. The molecule has 1 amide bonds. The summed E-state index contributed by atoms with van der Waals surface area (Å²) in [6, 6.07) is 3.84. The SMILES string of the molecule is CCC(C)[C@H](NC(=O)c1cc(OC)ccc1OC)C(=O)O. The number of carboxylic acid groups (broad SMARTS) is 1. The van der Waals surface area contributed by atoms with Gasteiger partial charge in [-0.05, 0) is 24.1 Å². The van der Waals surface area contributed by atoms with E-state index in [1.165, 1.54) is 20.3 Å². The lowest BCUT2D eigenvalue weighted by Crippen LogP contribution is -2.45. The number of carboxylic acids is 1. The third-order valence-corrected chi connectivity index (χ3v) is 3.42. The van der Waals surface area contributed by atoms with Gasteiger partial charge in [0, 0.05) is 0 Å². The molecule has 21 heavy (non-hydrogen) atoms. The van der Waals surface area contributed by atoms with Gasteiger partial charge in [-0.3, -0.25) is 4.79 Å². The van der Waals surface area contributed by atoms with Gasteiger partial charge in [0.05, 0.1) is 19.8 Å². The molecule has 0 saturated carbocycles. The Labute approximate surface area is 124 Å². The number of ether oxygens (including phenoxy) is 2. The van der Waals surface area contributed by atoms with E-state index < -0.39 is 17.9 Å². The maximum absolute atomic E-state index is 12.3. The molecule has 0 heterocycles. The zero-order valence-corrected chi connectivity index (χ0v) is 12.7. The van der Waals surface area contributed by atoms with Crippen LogP contribution < -0.4 is 14.8 Å². The monoisotopic (exact) mass is 295 g/mol. The van der Waals surface area contributed by atoms with Crippen LogP contribution in [-0.2, 0) is 4.79 Å². The summed E-state index contributed by atoms with van der Waals surface area (Å²) in [4.78, 5) is 23.6. The van der Waals surface area contributed by atoms with E-state index in [1.807, 2.05) is 6.92 Å². The number of hydrogen-bond donors (Lipinski definition) is 2. The first-order valence-electron chi connectivity index (χ1n) is 6.70. The molecule has 1 rings (SSSR count). The molecular formula is C15H21NO5. The minimum Gasteiger partial charge on any atom is -0.497 e. The average Bonchev–Trinajstić information content (AvgIpc) is 2.50. The predicted octanol–water partition coefficient (Wildman–Crippen LogP) is 1.93. The van der Waals surface area contributed by atoms with Crippen molar-refractivity contribution in [3.8, 4) is 11.5 Å². The second-order valence-electron chi connectivity index (χ2n) is 4.74. The maximum atomic E-state index is 12.3. The summed E-state index contributed by atoms with van der Waals surface area (Å²) in [6.45, 7) is 3.65. The largest absolute Gasteiger partial charge is 0.497 e. The number of amides is 1. The molecule has 1 unspecified atom stereocenters. The van der Waals surface area contributed by atoms with Crippen molar-refractivity contribution in [2.24, 2.45) is 5.92 Å². The Kier molecular flexibility index (Phi) is 6.02. The van der Waals surface area contributed by atoms with Crippen LogP contribution in [0, 0.1) is 5.92 Å². The summed E-state index contributed by atoms with van der Waals surface area (Å²) in [7, 11) is 2.94. The second kappa shape index (κ2) is 7.52. The molecule has 6 nitrogen and oxygen atoms in total. The number of carbonyl (C=O) groups excluding carboxylic acids is 1. The fourth-order valence-electron chi connectivity index (χ4n) is 1.89. The Balaban J connectivity index is 3.04. The van der Waals surface area contributed by atoms with Crippen LogP contribution in [-0.4, -0.2) is 37.2 Å². The van der Waals surface area contributed by atoms with Gasteiger partial charge in [0.2, 0.25) is 0 Å². The lowest BCUT2D eigenvalue weighted by atomic mass is 9.99. The minimum absolute atomic E-state index is 0.178. The molecule has 2 N–H and O–H groups in total. The molecule has 2 atom stereocenters. The van der Waals surface area contributed by atoms with Crippen molar-refractivity contribution in [2.45, 2.75) is 26.3 Å². The molecule has 0 aliphatic heterocycles. The molecular weight excluding hydrogens is 274 g/mol. The Hall–Kier alpha value is -2.24. The highest BCUT2D eigenvalue weighted by Gasteiger charge is 2.27. The van der Waals surface area contributed by atoms with Crippen molar-refractivity contribution >= 4 is 11.9 Å². The lowest BCUT2D eigenvalue weighted by molar-refractivity contribution is -0.140. The summed E-state index contributed by atoms with van der Waals surface area (Å²) < 4.78 is 10.2. The molecule has 0 bridgehead atoms. The van der Waals surface area contributed by atoms with Crippen LogP contribution in [0.5, 0.6) is 11.5 Å². The van der Waals surface area contributed by atoms with Gasteiger partial charge in [-0.25, -0.2) is 4.79 Å². The number of benzene rings is 1. The summed E-state index contributed by atoms with van der Waals surface area (Å²) in [6.07, 6.45) is 0.645. The van der Waals surface area contributed by atoms with Gasteiger partial charge in [0.25, 0.3) is 5.91 Å². The van der Waals surface area contributed by atoms with Gasteiger partial charge >= 0.3 is 5.97 Å². The normalized spacial score (nSPS) is 13.1. The molecule has 1 aromatic rings. The summed E-state index contributed by atoms with van der Waals surface area (Å²) in [5, 5.41) is 11.8. The van der Waals surface area contributed by atoms with Crippen molar-refractivity contribution < 1.29 is 24.2 Å². The highest BCUT2D eigenvalue weighted by atomic mass is 16.5. The van der Waals surface area contributed by atoms with E-state index in [0.717, 1.165) is 0 Å². The lowest BCUT2D eigenvalue weighted by Gasteiger charge is -2.20. The zero-order valence-electron chi connectivity index (χ0n) is 12.7. The Morgan fingerprint density at radius 3 is 2.43 bits per heavy atom. The summed E-state index contributed by atoms with van der Waals surface area (Å²) in [5.74, 6) is -0.876. The molecule has 0 fully saturated rings. The number of rotatable bonds is 7. The summed E-state index contributed by atoms with van der Waals surface area (Å²) >= 11 is 0. The fourth-order valence-corrected chi connectivity index (χ4v) is 1.89. The van der Waals surface area contributed by atoms with Crippen molar-refractivity contribution in [3.05, 3.63) is 23.8 Å². The quantitative estimate of drug-likeness (QED) is 0.803. The number of nitrogens with one attached hydrogen (secondary N) is 1. The van der Waals surface area contributed by atoms with E-state index in [2.05, 4.69) is 5.32 Å². The van der Waals surface area contributed by atoms with Gasteiger partial charge in [0.15, 0.2) is 0 Å². The molecule has 0 aliphatic rings. The van der Waals surface area contributed by atoms with Crippen LogP contribution in [0.4, 0.5) is 0 Å². The first kappa shape index (κ1) is 16.8. The highest BCUT2D eigenvalue weighted by molar-refractivity contribution is 5.99. The molecule has 0 aromatic heterocycles. The molecule has 116 valence electrons. The van der Waals surface area contributed by atoms with Crippen LogP contribution in [0.2, 0.25) is 0 Å². The van der Waals surface area contributed by atoms with E-state index in [-0.39, 0.29) is 11.5 Å².